The molecule has 0 aromatic carbocycles. The molecule has 0 fully saturated rings. The smallest absolute Gasteiger partial charge is 0.295 e. The first-order chi connectivity index (χ1) is 7.58. The summed E-state index contributed by atoms with van der Waals surface area (Å²) in [6, 6.07) is 1.53. The summed E-state index contributed by atoms with van der Waals surface area (Å²) in [6.45, 7) is 3.49. The average Bonchev–Trinajstić information content (AvgIpc) is 2.79. The molecular weight excluding hydrogens is 210 g/mol. The second-order valence-corrected chi connectivity index (χ2v) is 3.40. The molecule has 0 aliphatic heterocycles. The van der Waals surface area contributed by atoms with E-state index in [2.05, 4.69) is 20.7 Å². The van der Waals surface area contributed by atoms with E-state index in [-0.39, 0.29) is 11.6 Å². The van der Waals surface area contributed by atoms with Gasteiger partial charge >= 0.3 is 0 Å². The molecule has 0 radical (unpaired) electrons. The van der Waals surface area contributed by atoms with Gasteiger partial charge in [-0.25, -0.2) is 0 Å². The lowest BCUT2D eigenvalue weighted by Gasteiger charge is -1.98. The monoisotopic (exact) mass is 221 g/mol. The summed E-state index contributed by atoms with van der Waals surface area (Å²) in [5.41, 5.74) is 7.42. The van der Waals surface area contributed by atoms with E-state index in [0.29, 0.717) is 17.1 Å². The number of rotatable bonds is 2. The molecule has 0 unspecified atom stereocenters. The Morgan fingerprint density at radius 2 is 2.31 bits per heavy atom. The van der Waals surface area contributed by atoms with Crippen molar-refractivity contribution in [3.63, 3.8) is 0 Å². The number of H-pyrrole nitrogens is 1. The molecule has 7 heteroatoms. The van der Waals surface area contributed by atoms with Crippen molar-refractivity contribution in [1.82, 2.24) is 15.4 Å². The third-order valence-corrected chi connectivity index (χ3v) is 2.08. The van der Waals surface area contributed by atoms with Crippen LogP contribution in [0.15, 0.2) is 10.6 Å². The van der Waals surface area contributed by atoms with Gasteiger partial charge in [-0.05, 0) is 13.8 Å². The fraction of sp³-hybridized carbons (Fsp3) is 0.222. The van der Waals surface area contributed by atoms with Crippen LogP contribution in [0.1, 0.15) is 21.9 Å². The van der Waals surface area contributed by atoms with Crippen molar-refractivity contribution >= 4 is 17.4 Å². The Bertz CT molecular complexity index is 528. The predicted octanol–water partition coefficient (Wildman–Crippen LogP) is 0.849. The van der Waals surface area contributed by atoms with Crippen LogP contribution in [0.4, 0.5) is 11.5 Å². The number of aromatic nitrogens is 3. The Kier molecular flexibility index (Phi) is 2.35. The van der Waals surface area contributed by atoms with Crippen LogP contribution in [-0.4, -0.2) is 21.3 Å². The Morgan fingerprint density at radius 3 is 2.81 bits per heavy atom. The van der Waals surface area contributed by atoms with Crippen molar-refractivity contribution in [3.8, 4) is 0 Å². The fourth-order valence-electron chi connectivity index (χ4n) is 1.17. The second-order valence-electron chi connectivity index (χ2n) is 3.40. The lowest BCUT2D eigenvalue weighted by molar-refractivity contribution is 0.0987. The zero-order valence-electron chi connectivity index (χ0n) is 8.87. The molecular formula is C9H11N5O2. The van der Waals surface area contributed by atoms with E-state index in [9.17, 15) is 4.79 Å². The van der Waals surface area contributed by atoms with Gasteiger partial charge in [0.2, 0.25) is 5.76 Å². The van der Waals surface area contributed by atoms with Crippen LogP contribution in [0.25, 0.3) is 0 Å². The molecule has 2 heterocycles. The first-order valence-corrected chi connectivity index (χ1v) is 4.63. The highest BCUT2D eigenvalue weighted by Crippen LogP contribution is 2.18. The summed E-state index contributed by atoms with van der Waals surface area (Å²) < 4.78 is 4.80. The van der Waals surface area contributed by atoms with Gasteiger partial charge in [-0.3, -0.25) is 9.89 Å². The number of nitrogens with one attached hydrogen (secondary N) is 2. The molecule has 2 aromatic heterocycles. The zero-order chi connectivity index (χ0) is 11.7. The minimum atomic E-state index is -0.432. The maximum Gasteiger partial charge on any atom is 0.295 e. The molecule has 1 amide bonds. The number of aryl methyl sites for hydroxylation is 2. The number of anilines is 2. The molecule has 0 atom stereocenters. The van der Waals surface area contributed by atoms with Gasteiger partial charge in [-0.15, -0.1) is 0 Å². The molecule has 0 aliphatic carbocycles. The van der Waals surface area contributed by atoms with Gasteiger partial charge in [-0.2, -0.15) is 5.10 Å². The topological polar surface area (TPSA) is 110 Å². The average molecular weight is 221 g/mol. The van der Waals surface area contributed by atoms with E-state index >= 15 is 0 Å². The predicted molar refractivity (Wildman–Crippen MR) is 56.9 cm³/mol. The first kappa shape index (κ1) is 10.2. The van der Waals surface area contributed by atoms with Crippen LogP contribution in [0.5, 0.6) is 0 Å². The Balaban J connectivity index is 2.17. The summed E-state index contributed by atoms with van der Waals surface area (Å²) in [5, 5.41) is 12.6. The van der Waals surface area contributed by atoms with Crippen LogP contribution in [0, 0.1) is 13.8 Å². The lowest BCUT2D eigenvalue weighted by Crippen LogP contribution is -2.12. The highest BCUT2D eigenvalue weighted by Gasteiger charge is 2.15. The number of aromatic amines is 1. The standard InChI is InChI=1S/C9H11N5O2/c1-4-3-6(16-14-4)9(15)11-8-7(10)5(2)12-13-8/h3H,10H2,1-2H3,(H2,11,12,13,15). The van der Waals surface area contributed by atoms with Gasteiger partial charge in [-0.1, -0.05) is 5.16 Å². The van der Waals surface area contributed by atoms with E-state index in [4.69, 9.17) is 10.3 Å². The lowest BCUT2D eigenvalue weighted by atomic mass is 10.3. The molecule has 2 rings (SSSR count). The van der Waals surface area contributed by atoms with Gasteiger partial charge in [0.1, 0.15) is 0 Å². The normalized spacial score (nSPS) is 10.4. The van der Waals surface area contributed by atoms with Crippen LogP contribution in [-0.2, 0) is 0 Å². The molecule has 0 bridgehead atoms. The minimum Gasteiger partial charge on any atom is -0.394 e. The Labute approximate surface area is 91.0 Å². The van der Waals surface area contributed by atoms with Crippen LogP contribution in [0.3, 0.4) is 0 Å². The van der Waals surface area contributed by atoms with Gasteiger partial charge in [0.15, 0.2) is 5.82 Å². The van der Waals surface area contributed by atoms with Crippen molar-refractivity contribution in [3.05, 3.63) is 23.2 Å². The van der Waals surface area contributed by atoms with Crippen molar-refractivity contribution in [2.45, 2.75) is 13.8 Å². The molecule has 0 saturated heterocycles. The van der Waals surface area contributed by atoms with Gasteiger partial charge in [0, 0.05) is 6.07 Å². The van der Waals surface area contributed by atoms with Crippen molar-refractivity contribution in [1.29, 1.82) is 0 Å². The molecule has 0 aliphatic rings. The molecule has 4 N–H and O–H groups in total. The maximum atomic E-state index is 11.6. The minimum absolute atomic E-state index is 0.123. The number of amides is 1. The van der Waals surface area contributed by atoms with Crippen LogP contribution in [0.2, 0.25) is 0 Å². The second kappa shape index (κ2) is 3.69. The molecule has 0 spiro atoms. The van der Waals surface area contributed by atoms with Gasteiger partial charge in [0.05, 0.1) is 17.1 Å². The number of nitrogens with zero attached hydrogens (tertiary/aromatic N) is 2. The zero-order valence-corrected chi connectivity index (χ0v) is 8.87. The Morgan fingerprint density at radius 1 is 1.56 bits per heavy atom. The molecule has 0 saturated carbocycles. The summed E-state index contributed by atoms with van der Waals surface area (Å²) in [4.78, 5) is 11.6. The van der Waals surface area contributed by atoms with E-state index in [1.165, 1.54) is 6.07 Å². The summed E-state index contributed by atoms with van der Waals surface area (Å²) >= 11 is 0. The number of nitrogen functional groups attached to an aromatic ring is 1. The van der Waals surface area contributed by atoms with E-state index in [1.54, 1.807) is 13.8 Å². The fourth-order valence-corrected chi connectivity index (χ4v) is 1.17. The number of hydrogen-bond acceptors (Lipinski definition) is 5. The van der Waals surface area contributed by atoms with Crippen LogP contribution < -0.4 is 11.1 Å². The summed E-state index contributed by atoms with van der Waals surface area (Å²) in [5.74, 6) is -0.0205. The third-order valence-electron chi connectivity index (χ3n) is 2.08. The Hall–Kier alpha value is -2.31. The number of hydrogen-bond donors (Lipinski definition) is 3. The molecule has 16 heavy (non-hydrogen) atoms. The van der Waals surface area contributed by atoms with Crippen molar-refractivity contribution in [2.24, 2.45) is 0 Å². The quantitative estimate of drug-likeness (QED) is 0.696. The van der Waals surface area contributed by atoms with Crippen LogP contribution >= 0.6 is 0 Å². The van der Waals surface area contributed by atoms with E-state index < -0.39 is 5.91 Å². The molecule has 2 aromatic rings. The molecule has 7 nitrogen and oxygen atoms in total. The van der Waals surface area contributed by atoms with E-state index in [0.717, 1.165) is 0 Å². The number of nitrogens with two attached hydrogens (primary N) is 1. The highest BCUT2D eigenvalue weighted by molar-refractivity contribution is 6.03. The molecule has 84 valence electrons. The number of carbonyl (C=O) groups is 1. The highest BCUT2D eigenvalue weighted by atomic mass is 16.5. The summed E-state index contributed by atoms with van der Waals surface area (Å²) in [6.07, 6.45) is 0. The SMILES string of the molecule is Cc1cc(C(=O)Nc2n[nH]c(C)c2N)on1. The van der Waals surface area contributed by atoms with Gasteiger partial charge < -0.3 is 15.6 Å². The van der Waals surface area contributed by atoms with Crippen molar-refractivity contribution in [2.75, 3.05) is 11.1 Å². The summed E-state index contributed by atoms with van der Waals surface area (Å²) in [7, 11) is 0. The maximum absolute atomic E-state index is 11.6. The third kappa shape index (κ3) is 1.74. The number of carbonyl (C=O) groups excluding carboxylic acids is 1. The van der Waals surface area contributed by atoms with E-state index in [1.807, 2.05) is 0 Å². The largest absolute Gasteiger partial charge is 0.394 e. The first-order valence-electron chi connectivity index (χ1n) is 4.63. The van der Waals surface area contributed by atoms with Gasteiger partial charge in [0.25, 0.3) is 5.91 Å². The van der Waals surface area contributed by atoms with Crippen molar-refractivity contribution < 1.29 is 9.32 Å².